The second-order valence-corrected chi connectivity index (χ2v) is 8.70. The Hall–Kier alpha value is -3.90. The van der Waals surface area contributed by atoms with Crippen molar-refractivity contribution in [2.45, 2.75) is 25.7 Å². The van der Waals surface area contributed by atoms with Crippen molar-refractivity contribution in [3.05, 3.63) is 145 Å². The summed E-state index contributed by atoms with van der Waals surface area (Å²) < 4.78 is 0. The molecule has 3 aromatic rings. The van der Waals surface area contributed by atoms with Gasteiger partial charge in [-0.15, -0.1) is 0 Å². The fraction of sp³-hybridized carbons (Fsp3) is 0.118. The van der Waals surface area contributed by atoms with Gasteiger partial charge >= 0.3 is 0 Å². The Labute approximate surface area is 203 Å². The van der Waals surface area contributed by atoms with E-state index >= 15 is 0 Å². The molecule has 0 saturated heterocycles. The first-order valence-electron chi connectivity index (χ1n) is 12.3. The van der Waals surface area contributed by atoms with Gasteiger partial charge in [-0.05, 0) is 69.5 Å². The van der Waals surface area contributed by atoms with Crippen molar-refractivity contribution < 1.29 is 0 Å². The molecule has 0 saturated carbocycles. The van der Waals surface area contributed by atoms with Crippen molar-refractivity contribution in [3.8, 4) is 0 Å². The zero-order chi connectivity index (χ0) is 23.0. The third-order valence-corrected chi connectivity index (χ3v) is 6.49. The maximum atomic E-state index is 2.31. The average molecular weight is 439 g/mol. The van der Waals surface area contributed by atoms with Crippen molar-refractivity contribution in [1.29, 1.82) is 0 Å². The molecule has 3 aromatic carbocycles. The van der Waals surface area contributed by atoms with Crippen molar-refractivity contribution >= 4 is 32.7 Å². The number of rotatable bonds is 2. The predicted molar refractivity (Wildman–Crippen MR) is 151 cm³/mol. The van der Waals surface area contributed by atoms with Gasteiger partial charge in [0.25, 0.3) is 0 Å². The molecule has 0 amide bonds. The lowest BCUT2D eigenvalue weighted by molar-refractivity contribution is 1.07. The molecule has 0 unspecified atom stereocenters. The van der Waals surface area contributed by atoms with Crippen LogP contribution in [0.25, 0.3) is 32.7 Å². The van der Waals surface area contributed by atoms with Gasteiger partial charge in [0.2, 0.25) is 0 Å². The van der Waals surface area contributed by atoms with Crippen LogP contribution in [-0.4, -0.2) is 0 Å². The molecule has 0 atom stereocenters. The highest BCUT2D eigenvalue weighted by Crippen LogP contribution is 2.42. The molecule has 0 N–H and O–H groups in total. The van der Waals surface area contributed by atoms with Crippen LogP contribution in [0.5, 0.6) is 0 Å². The van der Waals surface area contributed by atoms with E-state index in [-0.39, 0.29) is 0 Å². The van der Waals surface area contributed by atoms with Crippen LogP contribution in [-0.2, 0) is 0 Å². The van der Waals surface area contributed by atoms with Gasteiger partial charge in [-0.25, -0.2) is 0 Å². The van der Waals surface area contributed by atoms with Gasteiger partial charge in [-0.1, -0.05) is 134 Å². The van der Waals surface area contributed by atoms with Crippen LogP contribution in [0, 0.1) is 0 Å². The van der Waals surface area contributed by atoms with Crippen molar-refractivity contribution in [2.24, 2.45) is 0 Å². The smallest absolute Gasteiger partial charge is 0.00667 e. The Kier molecular flexibility index (Phi) is 6.97. The number of hydrogen-bond acceptors (Lipinski definition) is 0. The van der Waals surface area contributed by atoms with E-state index in [4.69, 9.17) is 0 Å². The van der Waals surface area contributed by atoms with Crippen LogP contribution < -0.4 is 0 Å². The van der Waals surface area contributed by atoms with Crippen LogP contribution in [0.1, 0.15) is 36.8 Å². The van der Waals surface area contributed by atoms with E-state index in [2.05, 4.69) is 134 Å². The third kappa shape index (κ3) is 4.72. The zero-order valence-electron chi connectivity index (χ0n) is 19.5. The molecular formula is C34H30. The Bertz CT molecular complexity index is 1260. The summed E-state index contributed by atoms with van der Waals surface area (Å²) >= 11 is 0. The summed E-state index contributed by atoms with van der Waals surface area (Å²) in [5, 5.41) is 5.35. The molecule has 2 aliphatic rings. The number of benzene rings is 3. The average Bonchev–Trinajstić information content (AvgIpc) is 2.89. The maximum absolute atomic E-state index is 2.31. The topological polar surface area (TPSA) is 0 Å². The molecule has 0 radical (unpaired) electrons. The second-order valence-electron chi connectivity index (χ2n) is 8.70. The summed E-state index contributed by atoms with van der Waals surface area (Å²) in [6.07, 6.45) is 34.5. The quantitative estimate of drug-likeness (QED) is 0.349. The Morgan fingerprint density at radius 1 is 0.382 bits per heavy atom. The van der Waals surface area contributed by atoms with E-state index in [0.29, 0.717) is 0 Å². The van der Waals surface area contributed by atoms with Crippen molar-refractivity contribution in [1.82, 2.24) is 0 Å². The minimum atomic E-state index is 1.02. The first kappa shape index (κ1) is 21.9. The summed E-state index contributed by atoms with van der Waals surface area (Å²) in [6, 6.07) is 17.9. The van der Waals surface area contributed by atoms with Crippen molar-refractivity contribution in [2.75, 3.05) is 0 Å². The molecule has 166 valence electrons. The van der Waals surface area contributed by atoms with Gasteiger partial charge in [-0.3, -0.25) is 0 Å². The van der Waals surface area contributed by atoms with Crippen LogP contribution in [0.2, 0.25) is 0 Å². The molecule has 5 rings (SSSR count). The summed E-state index contributed by atoms with van der Waals surface area (Å²) in [6.45, 7) is 0. The van der Waals surface area contributed by atoms with Gasteiger partial charge in [0.1, 0.15) is 0 Å². The standard InChI is InChI=1S/C34H30/c1-3-7-11-19-27(20-12-8-4-1)33-29-23-15-17-25-31(29)34(32-26-18-16-24-30(32)33)28-21-13-9-5-2-6-10-14-22-28/h1-11,13,15-19,21,23-26H,12,14,20,22H2. The number of hydrogen-bond donors (Lipinski definition) is 0. The summed E-state index contributed by atoms with van der Waals surface area (Å²) in [5.74, 6) is 0. The van der Waals surface area contributed by atoms with Gasteiger partial charge in [0.05, 0.1) is 0 Å². The summed E-state index contributed by atoms with van der Waals surface area (Å²) in [7, 11) is 0. The fourth-order valence-corrected chi connectivity index (χ4v) is 4.96. The van der Waals surface area contributed by atoms with Crippen LogP contribution in [0.3, 0.4) is 0 Å². The molecule has 0 aliphatic heterocycles. The fourth-order valence-electron chi connectivity index (χ4n) is 4.96. The van der Waals surface area contributed by atoms with Gasteiger partial charge in [-0.2, -0.15) is 0 Å². The Balaban J connectivity index is 1.80. The van der Waals surface area contributed by atoms with E-state index in [1.165, 1.54) is 43.8 Å². The highest BCUT2D eigenvalue weighted by Gasteiger charge is 2.18. The Morgan fingerprint density at radius 3 is 1.15 bits per heavy atom. The molecule has 34 heavy (non-hydrogen) atoms. The lowest BCUT2D eigenvalue weighted by Gasteiger charge is -2.20. The minimum Gasteiger partial charge on any atom is -0.0842 e. The summed E-state index contributed by atoms with van der Waals surface area (Å²) in [5.41, 5.74) is 5.53. The monoisotopic (exact) mass is 438 g/mol. The van der Waals surface area contributed by atoms with E-state index in [1.54, 1.807) is 0 Å². The predicted octanol–water partition coefficient (Wildman–Crippen LogP) is 9.68. The van der Waals surface area contributed by atoms with Gasteiger partial charge in [0, 0.05) is 0 Å². The highest BCUT2D eigenvalue weighted by atomic mass is 14.2. The molecule has 0 bridgehead atoms. The maximum Gasteiger partial charge on any atom is -0.00667 e. The highest BCUT2D eigenvalue weighted by molar-refractivity contribution is 6.16. The normalized spacial score (nSPS) is 16.6. The van der Waals surface area contributed by atoms with Gasteiger partial charge < -0.3 is 0 Å². The largest absolute Gasteiger partial charge is 0.0842 e. The van der Waals surface area contributed by atoms with Crippen LogP contribution >= 0.6 is 0 Å². The molecule has 0 fully saturated rings. The third-order valence-electron chi connectivity index (χ3n) is 6.49. The molecule has 0 aromatic heterocycles. The van der Waals surface area contributed by atoms with Crippen molar-refractivity contribution in [3.63, 3.8) is 0 Å². The van der Waals surface area contributed by atoms with Crippen LogP contribution in [0.15, 0.2) is 134 Å². The minimum absolute atomic E-state index is 1.02. The Morgan fingerprint density at radius 2 is 0.735 bits per heavy atom. The summed E-state index contributed by atoms with van der Waals surface area (Å²) in [4.78, 5) is 0. The SMILES string of the molecule is C1=CC=CCCC(c2c3ccccc3c(C3=CC=CC=CC=CCC3)c3ccccc23)=CC=C1. The number of allylic oxidation sites excluding steroid dienone is 16. The first-order chi connectivity index (χ1) is 16.9. The lowest BCUT2D eigenvalue weighted by Crippen LogP contribution is -1.97. The van der Waals surface area contributed by atoms with E-state index < -0.39 is 0 Å². The van der Waals surface area contributed by atoms with Gasteiger partial charge in [0.15, 0.2) is 0 Å². The van der Waals surface area contributed by atoms with Crippen LogP contribution in [0.4, 0.5) is 0 Å². The molecule has 0 heterocycles. The molecule has 0 heteroatoms. The molecule has 2 aliphatic carbocycles. The number of fused-ring (bicyclic) bond motifs is 2. The van der Waals surface area contributed by atoms with E-state index in [0.717, 1.165) is 25.7 Å². The lowest BCUT2D eigenvalue weighted by atomic mass is 9.83. The zero-order valence-corrected chi connectivity index (χ0v) is 19.5. The van der Waals surface area contributed by atoms with E-state index in [1.807, 2.05) is 0 Å². The molecular weight excluding hydrogens is 408 g/mol. The molecule has 0 nitrogen and oxygen atoms in total. The second kappa shape index (κ2) is 10.8. The van der Waals surface area contributed by atoms with E-state index in [9.17, 15) is 0 Å². The molecule has 0 spiro atoms. The first-order valence-corrected chi connectivity index (χ1v) is 12.3.